The summed E-state index contributed by atoms with van der Waals surface area (Å²) in [7, 11) is 0. The highest BCUT2D eigenvalue weighted by molar-refractivity contribution is 5.14. The van der Waals surface area contributed by atoms with Crippen molar-refractivity contribution in [2.75, 3.05) is 19.6 Å². The molecular weight excluding hydrogens is 280 g/mol. The maximum atomic E-state index is 3.97. The Hall–Kier alpha value is -0.860. The summed E-state index contributed by atoms with van der Waals surface area (Å²) in [5.41, 5.74) is 1.99. The van der Waals surface area contributed by atoms with Crippen molar-refractivity contribution in [3.63, 3.8) is 0 Å². The van der Waals surface area contributed by atoms with E-state index in [1.54, 1.807) is 0 Å². The van der Waals surface area contributed by atoms with E-state index >= 15 is 0 Å². The van der Waals surface area contributed by atoms with E-state index in [1.807, 2.05) is 0 Å². The minimum absolute atomic E-state index is 0.528. The predicted octanol–water partition coefficient (Wildman–Crippen LogP) is 3.77. The average Bonchev–Trinajstić information content (AvgIpc) is 2.53. The molecule has 0 aliphatic heterocycles. The van der Waals surface area contributed by atoms with Crippen LogP contribution in [0.1, 0.15) is 50.5 Å². The first-order chi connectivity index (χ1) is 11.3. The predicted molar refractivity (Wildman–Crippen MR) is 96.5 cm³/mol. The molecule has 126 valence electrons. The summed E-state index contributed by atoms with van der Waals surface area (Å²) >= 11 is 0. The fraction of sp³-hybridized carbons (Fsp3) is 0.714. The number of benzene rings is 1. The molecule has 1 aromatic carbocycles. The second kappa shape index (κ2) is 6.94. The van der Waals surface area contributed by atoms with Crippen molar-refractivity contribution in [2.24, 2.45) is 17.8 Å². The molecule has 4 bridgehead atoms. The van der Waals surface area contributed by atoms with Crippen LogP contribution in [0, 0.1) is 17.8 Å². The largest absolute Gasteiger partial charge is 0.315 e. The molecular formula is C21H32N2. The standard InChI is InChI=1S/C21H32N2/c1-2-5-17(6-3-1)7-4-8-22-9-10-23-21-14-18-11-19(15-21)13-20(12-18)16-21/h1-3,5-6,18-20,22-23H,4,7-16H2. The van der Waals surface area contributed by atoms with Gasteiger partial charge in [0.05, 0.1) is 0 Å². The van der Waals surface area contributed by atoms with Gasteiger partial charge in [0, 0.05) is 18.6 Å². The van der Waals surface area contributed by atoms with Crippen LogP contribution < -0.4 is 10.6 Å². The molecule has 0 saturated heterocycles. The number of aryl methyl sites for hydroxylation is 1. The van der Waals surface area contributed by atoms with Crippen LogP contribution in [0.15, 0.2) is 30.3 Å². The third kappa shape index (κ3) is 3.80. The maximum Gasteiger partial charge on any atom is 0.0190 e. The van der Waals surface area contributed by atoms with E-state index in [0.717, 1.165) is 37.4 Å². The molecule has 2 N–H and O–H groups in total. The minimum Gasteiger partial charge on any atom is -0.315 e. The van der Waals surface area contributed by atoms with Gasteiger partial charge in [-0.25, -0.2) is 0 Å². The van der Waals surface area contributed by atoms with Crippen LogP contribution in [0.2, 0.25) is 0 Å². The van der Waals surface area contributed by atoms with Gasteiger partial charge in [-0.15, -0.1) is 0 Å². The smallest absolute Gasteiger partial charge is 0.0190 e. The van der Waals surface area contributed by atoms with Crippen LogP contribution in [-0.4, -0.2) is 25.2 Å². The quantitative estimate of drug-likeness (QED) is 0.714. The van der Waals surface area contributed by atoms with Crippen molar-refractivity contribution in [2.45, 2.75) is 56.9 Å². The molecule has 2 nitrogen and oxygen atoms in total. The molecule has 2 heteroatoms. The van der Waals surface area contributed by atoms with Gasteiger partial charge in [-0.1, -0.05) is 30.3 Å². The average molecular weight is 313 g/mol. The van der Waals surface area contributed by atoms with Crippen LogP contribution in [0.4, 0.5) is 0 Å². The number of nitrogens with one attached hydrogen (secondary N) is 2. The summed E-state index contributed by atoms with van der Waals surface area (Å²) in [6.07, 6.45) is 11.4. The number of hydrogen-bond donors (Lipinski definition) is 2. The Morgan fingerprint density at radius 1 is 0.826 bits per heavy atom. The molecule has 0 amide bonds. The Morgan fingerprint density at radius 2 is 1.48 bits per heavy atom. The summed E-state index contributed by atoms with van der Waals surface area (Å²) < 4.78 is 0. The summed E-state index contributed by atoms with van der Waals surface area (Å²) in [6.45, 7) is 3.41. The normalized spacial score (nSPS) is 34.9. The molecule has 4 saturated carbocycles. The lowest BCUT2D eigenvalue weighted by Crippen LogP contribution is -2.59. The van der Waals surface area contributed by atoms with Gasteiger partial charge in [-0.2, -0.15) is 0 Å². The van der Waals surface area contributed by atoms with E-state index in [2.05, 4.69) is 41.0 Å². The summed E-state index contributed by atoms with van der Waals surface area (Å²) in [5, 5.41) is 7.60. The second-order valence-electron chi connectivity index (χ2n) is 8.46. The lowest BCUT2D eigenvalue weighted by Gasteiger charge is -2.57. The summed E-state index contributed by atoms with van der Waals surface area (Å²) in [6, 6.07) is 10.8. The van der Waals surface area contributed by atoms with Crippen molar-refractivity contribution < 1.29 is 0 Å². The zero-order valence-corrected chi connectivity index (χ0v) is 14.4. The first kappa shape index (κ1) is 15.7. The molecule has 0 heterocycles. The molecule has 23 heavy (non-hydrogen) atoms. The molecule has 0 unspecified atom stereocenters. The Kier molecular flexibility index (Phi) is 4.73. The Bertz CT molecular complexity index is 461. The fourth-order valence-electron chi connectivity index (χ4n) is 5.93. The van der Waals surface area contributed by atoms with Gasteiger partial charge in [0.15, 0.2) is 0 Å². The zero-order valence-electron chi connectivity index (χ0n) is 14.4. The van der Waals surface area contributed by atoms with Gasteiger partial charge >= 0.3 is 0 Å². The Morgan fingerprint density at radius 3 is 2.13 bits per heavy atom. The Labute approximate surface area is 141 Å². The third-order valence-electron chi connectivity index (χ3n) is 6.50. The molecule has 1 aromatic rings. The van der Waals surface area contributed by atoms with Gasteiger partial charge in [-0.3, -0.25) is 0 Å². The van der Waals surface area contributed by atoms with E-state index in [9.17, 15) is 0 Å². The van der Waals surface area contributed by atoms with Crippen LogP contribution in [0.3, 0.4) is 0 Å². The molecule has 0 radical (unpaired) electrons. The van der Waals surface area contributed by atoms with Gasteiger partial charge in [0.1, 0.15) is 0 Å². The third-order valence-corrected chi connectivity index (χ3v) is 6.50. The second-order valence-corrected chi connectivity index (χ2v) is 8.46. The maximum absolute atomic E-state index is 3.97. The molecule has 0 atom stereocenters. The molecule has 4 aliphatic carbocycles. The molecule has 0 spiro atoms. The highest BCUT2D eigenvalue weighted by Crippen LogP contribution is 2.55. The van der Waals surface area contributed by atoms with Crippen molar-refractivity contribution in [3.05, 3.63) is 35.9 Å². The van der Waals surface area contributed by atoms with Gasteiger partial charge < -0.3 is 10.6 Å². The van der Waals surface area contributed by atoms with E-state index in [4.69, 9.17) is 0 Å². The van der Waals surface area contributed by atoms with Crippen molar-refractivity contribution >= 4 is 0 Å². The van der Waals surface area contributed by atoms with Gasteiger partial charge in [0.25, 0.3) is 0 Å². The van der Waals surface area contributed by atoms with Crippen LogP contribution in [0.5, 0.6) is 0 Å². The highest BCUT2D eigenvalue weighted by atomic mass is 15.0. The van der Waals surface area contributed by atoms with Crippen LogP contribution in [-0.2, 0) is 6.42 Å². The number of hydrogen-bond acceptors (Lipinski definition) is 2. The first-order valence-electron chi connectivity index (χ1n) is 9.81. The lowest BCUT2D eigenvalue weighted by molar-refractivity contribution is -0.0192. The van der Waals surface area contributed by atoms with E-state index in [1.165, 1.54) is 56.9 Å². The van der Waals surface area contributed by atoms with E-state index < -0.39 is 0 Å². The van der Waals surface area contributed by atoms with Gasteiger partial charge in [0.2, 0.25) is 0 Å². The first-order valence-corrected chi connectivity index (χ1v) is 9.81. The van der Waals surface area contributed by atoms with E-state index in [0.29, 0.717) is 5.54 Å². The fourth-order valence-corrected chi connectivity index (χ4v) is 5.93. The molecule has 4 aliphatic rings. The molecule has 4 fully saturated rings. The molecule has 5 rings (SSSR count). The topological polar surface area (TPSA) is 24.1 Å². The zero-order chi connectivity index (χ0) is 15.5. The summed E-state index contributed by atoms with van der Waals surface area (Å²) in [4.78, 5) is 0. The Balaban J connectivity index is 1.12. The van der Waals surface area contributed by atoms with Crippen molar-refractivity contribution in [3.8, 4) is 0 Å². The van der Waals surface area contributed by atoms with Gasteiger partial charge in [-0.05, 0) is 81.2 Å². The lowest BCUT2D eigenvalue weighted by atomic mass is 9.53. The van der Waals surface area contributed by atoms with Crippen molar-refractivity contribution in [1.29, 1.82) is 0 Å². The molecule has 0 aromatic heterocycles. The number of rotatable bonds is 8. The minimum atomic E-state index is 0.528. The summed E-state index contributed by atoms with van der Waals surface area (Å²) in [5.74, 6) is 3.15. The van der Waals surface area contributed by atoms with Crippen LogP contribution in [0.25, 0.3) is 0 Å². The van der Waals surface area contributed by atoms with Crippen LogP contribution >= 0.6 is 0 Å². The monoisotopic (exact) mass is 312 g/mol. The van der Waals surface area contributed by atoms with Crippen molar-refractivity contribution in [1.82, 2.24) is 10.6 Å². The van der Waals surface area contributed by atoms with E-state index in [-0.39, 0.29) is 0 Å². The highest BCUT2D eigenvalue weighted by Gasteiger charge is 2.50. The SMILES string of the molecule is c1ccc(CCCNCCNC23CC4CC(CC(C4)C2)C3)cc1.